The van der Waals surface area contributed by atoms with Gasteiger partial charge in [0.15, 0.2) is 0 Å². The number of hydrogen-bond donors (Lipinski definition) is 2. The van der Waals surface area contributed by atoms with E-state index in [-0.39, 0.29) is 12.1 Å². The van der Waals surface area contributed by atoms with Gasteiger partial charge in [0, 0.05) is 19.6 Å². The normalized spacial score (nSPS) is 14.1. The molecule has 0 fully saturated rings. The molecule has 1 aromatic heterocycles. The Kier molecular flexibility index (Phi) is 1.58. The van der Waals surface area contributed by atoms with E-state index in [1.165, 1.54) is 0 Å². The molecule has 3 N–H and O–H groups in total. The molecule has 0 amide bonds. The van der Waals surface area contributed by atoms with Crippen LogP contribution in [0.25, 0.3) is 0 Å². The molecule has 1 aliphatic heterocycles. The van der Waals surface area contributed by atoms with Crippen molar-refractivity contribution in [2.75, 3.05) is 11.9 Å². The molecule has 64 valence electrons. The van der Waals surface area contributed by atoms with Crippen molar-refractivity contribution in [1.29, 1.82) is 0 Å². The van der Waals surface area contributed by atoms with Crippen molar-refractivity contribution in [2.45, 2.75) is 13.1 Å². The van der Waals surface area contributed by atoms with E-state index >= 15 is 0 Å². The lowest BCUT2D eigenvalue weighted by atomic mass is 10.3. The summed E-state index contributed by atoms with van der Waals surface area (Å²) in [7, 11) is 0. The predicted molar refractivity (Wildman–Crippen MR) is 44.9 cm³/mol. The smallest absolute Gasteiger partial charge is 0.279 e. The highest BCUT2D eigenvalue weighted by Crippen LogP contribution is 2.14. The van der Waals surface area contributed by atoms with Crippen LogP contribution in [0.5, 0.6) is 0 Å². The van der Waals surface area contributed by atoms with Gasteiger partial charge in [0.05, 0.1) is 5.56 Å². The molecule has 0 bridgehead atoms. The fourth-order valence-electron chi connectivity index (χ4n) is 1.39. The second kappa shape index (κ2) is 2.60. The number of anilines is 1. The molecule has 0 atom stereocenters. The first kappa shape index (κ1) is 7.30. The Balaban J connectivity index is 2.65. The highest BCUT2D eigenvalue weighted by atomic mass is 16.1. The van der Waals surface area contributed by atoms with Gasteiger partial charge < -0.3 is 15.6 Å². The molecule has 5 nitrogen and oxygen atoms in total. The summed E-state index contributed by atoms with van der Waals surface area (Å²) in [6, 6.07) is 0. The molecule has 1 aliphatic rings. The lowest BCUT2D eigenvalue weighted by Crippen LogP contribution is -2.19. The zero-order valence-corrected chi connectivity index (χ0v) is 6.58. The molecule has 0 saturated heterocycles. The van der Waals surface area contributed by atoms with E-state index in [1.54, 1.807) is 6.33 Å². The number of fused-ring (bicyclic) bond motifs is 1. The van der Waals surface area contributed by atoms with Crippen LogP contribution in [-0.4, -0.2) is 16.1 Å². The van der Waals surface area contributed by atoms with Crippen LogP contribution in [0.1, 0.15) is 5.56 Å². The summed E-state index contributed by atoms with van der Waals surface area (Å²) < 4.78 is 1.91. The van der Waals surface area contributed by atoms with Crippen molar-refractivity contribution < 1.29 is 0 Å². The van der Waals surface area contributed by atoms with Crippen LogP contribution >= 0.6 is 0 Å². The number of hydrogen-bond acceptors (Lipinski definition) is 4. The molecule has 0 unspecified atom stereocenters. The predicted octanol–water partition coefficient (Wildman–Crippen LogP) is -0.873. The molecule has 1 aromatic rings. The molecule has 0 aliphatic carbocycles. The van der Waals surface area contributed by atoms with E-state index in [1.807, 2.05) is 4.57 Å². The molecule has 2 heterocycles. The Morgan fingerprint density at radius 1 is 1.75 bits per heavy atom. The molecular formula is C7H10N4O. The van der Waals surface area contributed by atoms with Gasteiger partial charge in [0.1, 0.15) is 12.1 Å². The van der Waals surface area contributed by atoms with Crippen LogP contribution in [0.15, 0.2) is 11.1 Å². The van der Waals surface area contributed by atoms with E-state index in [4.69, 9.17) is 5.73 Å². The molecule has 12 heavy (non-hydrogen) atoms. The fraction of sp³-hybridized carbons (Fsp3) is 0.429. The minimum absolute atomic E-state index is 0.224. The minimum atomic E-state index is -0.224. The van der Waals surface area contributed by atoms with Crippen LogP contribution < -0.4 is 16.6 Å². The summed E-state index contributed by atoms with van der Waals surface area (Å²) >= 11 is 0. The van der Waals surface area contributed by atoms with Crippen molar-refractivity contribution in [2.24, 2.45) is 5.73 Å². The number of aromatic nitrogens is 2. The summed E-state index contributed by atoms with van der Waals surface area (Å²) in [5.74, 6) is 0.831. The number of nitrogens with one attached hydrogen (secondary N) is 1. The van der Waals surface area contributed by atoms with Gasteiger partial charge in [-0.1, -0.05) is 0 Å². The second-order valence-corrected chi connectivity index (χ2v) is 2.70. The Hall–Kier alpha value is -1.36. The second-order valence-electron chi connectivity index (χ2n) is 2.70. The van der Waals surface area contributed by atoms with E-state index in [9.17, 15) is 4.79 Å². The van der Waals surface area contributed by atoms with Gasteiger partial charge in [0.25, 0.3) is 5.56 Å². The highest BCUT2D eigenvalue weighted by Gasteiger charge is 2.14. The molecule has 5 heteroatoms. The first-order valence-corrected chi connectivity index (χ1v) is 3.85. The molecule has 2 rings (SSSR count). The Bertz CT molecular complexity index is 357. The molecule has 0 aromatic carbocycles. The first-order chi connectivity index (χ1) is 5.83. The van der Waals surface area contributed by atoms with Crippen molar-refractivity contribution in [1.82, 2.24) is 9.55 Å². The lowest BCUT2D eigenvalue weighted by molar-refractivity contribution is 0.765. The lowest BCUT2D eigenvalue weighted by Gasteiger charge is -2.05. The van der Waals surface area contributed by atoms with Crippen molar-refractivity contribution in [3.05, 3.63) is 22.2 Å². The van der Waals surface area contributed by atoms with Gasteiger partial charge in [-0.25, -0.2) is 0 Å². The number of nitrogens with zero attached hydrogens (tertiary/aromatic N) is 2. The third-order valence-corrected chi connectivity index (χ3v) is 1.99. The van der Waals surface area contributed by atoms with E-state index in [0.717, 1.165) is 18.9 Å². The third-order valence-electron chi connectivity index (χ3n) is 1.99. The maximum absolute atomic E-state index is 11.2. The molecule has 0 saturated carbocycles. The van der Waals surface area contributed by atoms with Gasteiger partial charge in [-0.3, -0.25) is 4.79 Å². The SMILES string of the molecule is NCc1c2n(cnc1=O)CCN2. The summed E-state index contributed by atoms with van der Waals surface area (Å²) in [4.78, 5) is 14.9. The van der Waals surface area contributed by atoms with E-state index in [0.29, 0.717) is 5.56 Å². The summed E-state index contributed by atoms with van der Waals surface area (Å²) in [6.45, 7) is 1.95. The Morgan fingerprint density at radius 2 is 2.58 bits per heavy atom. The fourth-order valence-corrected chi connectivity index (χ4v) is 1.39. The zero-order valence-electron chi connectivity index (χ0n) is 6.58. The molecule has 0 spiro atoms. The quantitative estimate of drug-likeness (QED) is 0.568. The third kappa shape index (κ3) is 0.902. The molecule has 0 radical (unpaired) electrons. The topological polar surface area (TPSA) is 72.9 Å². The van der Waals surface area contributed by atoms with Crippen molar-refractivity contribution in [3.8, 4) is 0 Å². The average Bonchev–Trinajstić information content (AvgIpc) is 2.52. The van der Waals surface area contributed by atoms with Crippen molar-refractivity contribution >= 4 is 5.82 Å². The Labute approximate surface area is 69.2 Å². The Morgan fingerprint density at radius 3 is 3.33 bits per heavy atom. The highest BCUT2D eigenvalue weighted by molar-refractivity contribution is 5.45. The summed E-state index contributed by atoms with van der Waals surface area (Å²) in [5.41, 5.74) is 5.79. The monoisotopic (exact) mass is 166 g/mol. The average molecular weight is 166 g/mol. The van der Waals surface area contributed by atoms with E-state index < -0.39 is 0 Å². The summed E-state index contributed by atoms with van der Waals surface area (Å²) in [6.07, 6.45) is 1.55. The van der Waals surface area contributed by atoms with E-state index in [2.05, 4.69) is 10.3 Å². The largest absolute Gasteiger partial charge is 0.369 e. The number of nitrogens with two attached hydrogens (primary N) is 1. The van der Waals surface area contributed by atoms with Gasteiger partial charge in [-0.2, -0.15) is 4.98 Å². The van der Waals surface area contributed by atoms with Crippen LogP contribution in [0.2, 0.25) is 0 Å². The first-order valence-electron chi connectivity index (χ1n) is 3.85. The summed E-state index contributed by atoms with van der Waals surface area (Å²) in [5, 5.41) is 3.10. The standard InChI is InChI=1S/C7H10N4O/c8-3-5-6-9-1-2-11(6)4-10-7(5)12/h4,9H,1-3,8H2. The van der Waals surface area contributed by atoms with Gasteiger partial charge in [0.2, 0.25) is 0 Å². The number of rotatable bonds is 1. The minimum Gasteiger partial charge on any atom is -0.369 e. The van der Waals surface area contributed by atoms with Crippen molar-refractivity contribution in [3.63, 3.8) is 0 Å². The maximum atomic E-state index is 11.2. The maximum Gasteiger partial charge on any atom is 0.279 e. The van der Waals surface area contributed by atoms with Crippen LogP contribution in [0.4, 0.5) is 5.82 Å². The molecular weight excluding hydrogens is 156 g/mol. The van der Waals surface area contributed by atoms with Crippen LogP contribution in [0.3, 0.4) is 0 Å². The van der Waals surface area contributed by atoms with Gasteiger partial charge in [-0.05, 0) is 0 Å². The van der Waals surface area contributed by atoms with Gasteiger partial charge >= 0.3 is 0 Å². The van der Waals surface area contributed by atoms with Crippen LogP contribution in [-0.2, 0) is 13.1 Å². The zero-order chi connectivity index (χ0) is 8.55. The van der Waals surface area contributed by atoms with Crippen LogP contribution in [0, 0.1) is 0 Å². The van der Waals surface area contributed by atoms with Gasteiger partial charge in [-0.15, -0.1) is 0 Å².